The van der Waals surface area contributed by atoms with Crippen molar-refractivity contribution in [2.75, 3.05) is 6.61 Å². The summed E-state index contributed by atoms with van der Waals surface area (Å²) in [5.74, 6) is 0. The minimum Gasteiger partial charge on any atom is -0.392 e. The Bertz CT molecular complexity index is 213. The first-order chi connectivity index (χ1) is 5.83. The fraction of sp³-hybridized carbons (Fsp3) is 0.333. The molecule has 0 spiro atoms. The molecule has 0 aliphatic rings. The van der Waals surface area contributed by atoms with Crippen molar-refractivity contribution in [2.45, 2.75) is 12.8 Å². The van der Waals surface area contributed by atoms with E-state index in [0.29, 0.717) is 6.61 Å². The van der Waals surface area contributed by atoms with Crippen LogP contribution in [0.5, 0.6) is 0 Å². The highest BCUT2D eigenvalue weighted by Crippen LogP contribution is 2.00. The molecule has 0 fully saturated rings. The molecule has 3 heteroatoms. The van der Waals surface area contributed by atoms with Gasteiger partial charge in [-0.1, -0.05) is 30.3 Å². The lowest BCUT2D eigenvalue weighted by molar-refractivity contribution is 0.00681. The van der Waals surface area contributed by atoms with Gasteiger partial charge in [-0.25, -0.2) is 0 Å². The predicted molar refractivity (Wildman–Crippen MR) is 46.3 cm³/mol. The molecule has 66 valence electrons. The summed E-state index contributed by atoms with van der Waals surface area (Å²) in [6.07, 6.45) is -0.579. The minimum atomic E-state index is -0.579. The molecule has 0 bridgehead atoms. The first-order valence-corrected chi connectivity index (χ1v) is 3.85. The standard InChI is InChI=1S/C9H13NO2/c10-9(6-11)12-7-8-4-2-1-3-5-8/h1-5,9,11H,6-7,10H2. The third kappa shape index (κ3) is 3.00. The number of aliphatic hydroxyl groups is 1. The third-order valence-electron chi connectivity index (χ3n) is 1.49. The molecule has 0 saturated carbocycles. The van der Waals surface area contributed by atoms with E-state index < -0.39 is 6.23 Å². The molecule has 0 saturated heterocycles. The van der Waals surface area contributed by atoms with Gasteiger partial charge in [0, 0.05) is 0 Å². The Morgan fingerprint density at radius 3 is 2.58 bits per heavy atom. The van der Waals surface area contributed by atoms with Crippen LogP contribution in [0.25, 0.3) is 0 Å². The van der Waals surface area contributed by atoms with Crippen molar-refractivity contribution in [3.63, 3.8) is 0 Å². The van der Waals surface area contributed by atoms with Crippen molar-refractivity contribution in [1.29, 1.82) is 0 Å². The first-order valence-electron chi connectivity index (χ1n) is 3.85. The van der Waals surface area contributed by atoms with E-state index in [1.165, 1.54) is 0 Å². The Kier molecular flexibility index (Phi) is 3.73. The van der Waals surface area contributed by atoms with Gasteiger partial charge in [-0.2, -0.15) is 0 Å². The van der Waals surface area contributed by atoms with E-state index in [1.807, 2.05) is 30.3 Å². The van der Waals surface area contributed by atoms with Gasteiger partial charge in [0.05, 0.1) is 13.2 Å². The molecule has 3 nitrogen and oxygen atoms in total. The quantitative estimate of drug-likeness (QED) is 0.641. The number of aliphatic hydroxyl groups excluding tert-OH is 1. The van der Waals surface area contributed by atoms with E-state index in [9.17, 15) is 0 Å². The predicted octanol–water partition coefficient (Wildman–Crippen LogP) is 0.480. The molecule has 12 heavy (non-hydrogen) atoms. The zero-order chi connectivity index (χ0) is 8.81. The van der Waals surface area contributed by atoms with Crippen LogP contribution < -0.4 is 5.73 Å². The number of rotatable bonds is 4. The molecule has 0 heterocycles. The highest BCUT2D eigenvalue weighted by atomic mass is 16.5. The Morgan fingerprint density at radius 1 is 1.33 bits per heavy atom. The molecular weight excluding hydrogens is 154 g/mol. The first kappa shape index (κ1) is 9.19. The van der Waals surface area contributed by atoms with E-state index >= 15 is 0 Å². The van der Waals surface area contributed by atoms with Gasteiger partial charge in [-0.05, 0) is 5.56 Å². The van der Waals surface area contributed by atoms with Gasteiger partial charge in [-0.15, -0.1) is 0 Å². The summed E-state index contributed by atoms with van der Waals surface area (Å²) < 4.78 is 5.10. The smallest absolute Gasteiger partial charge is 0.129 e. The lowest BCUT2D eigenvalue weighted by Gasteiger charge is -2.09. The fourth-order valence-corrected chi connectivity index (χ4v) is 0.830. The summed E-state index contributed by atoms with van der Waals surface area (Å²) in [5, 5.41) is 8.56. The summed E-state index contributed by atoms with van der Waals surface area (Å²) in [6.45, 7) is 0.301. The van der Waals surface area contributed by atoms with Gasteiger partial charge >= 0.3 is 0 Å². The summed E-state index contributed by atoms with van der Waals surface area (Å²) in [4.78, 5) is 0. The van der Waals surface area contributed by atoms with Crippen LogP contribution in [0.4, 0.5) is 0 Å². The largest absolute Gasteiger partial charge is 0.392 e. The summed E-state index contributed by atoms with van der Waals surface area (Å²) in [7, 11) is 0. The average Bonchev–Trinajstić information content (AvgIpc) is 2.16. The maximum Gasteiger partial charge on any atom is 0.129 e. The molecule has 0 aromatic heterocycles. The van der Waals surface area contributed by atoms with Crippen molar-refractivity contribution in [2.24, 2.45) is 5.73 Å². The van der Waals surface area contributed by atoms with Crippen LogP contribution in [0.2, 0.25) is 0 Å². The molecule has 0 aliphatic carbocycles. The normalized spacial score (nSPS) is 12.8. The van der Waals surface area contributed by atoms with Crippen LogP contribution in [0.15, 0.2) is 30.3 Å². The zero-order valence-electron chi connectivity index (χ0n) is 6.81. The van der Waals surface area contributed by atoms with Crippen molar-refractivity contribution in [1.82, 2.24) is 0 Å². The molecule has 0 amide bonds. The van der Waals surface area contributed by atoms with Crippen LogP contribution in [-0.4, -0.2) is 17.9 Å². The minimum absolute atomic E-state index is 0.146. The van der Waals surface area contributed by atoms with Gasteiger partial charge < -0.3 is 15.6 Å². The van der Waals surface area contributed by atoms with E-state index in [4.69, 9.17) is 15.6 Å². The van der Waals surface area contributed by atoms with Gasteiger partial charge in [0.25, 0.3) is 0 Å². The van der Waals surface area contributed by atoms with Gasteiger partial charge in [0.2, 0.25) is 0 Å². The third-order valence-corrected chi connectivity index (χ3v) is 1.49. The maximum atomic E-state index is 8.56. The summed E-state index contributed by atoms with van der Waals surface area (Å²) in [5.41, 5.74) is 6.41. The Hall–Kier alpha value is -0.900. The highest BCUT2D eigenvalue weighted by Gasteiger charge is 1.98. The van der Waals surface area contributed by atoms with Crippen molar-refractivity contribution < 1.29 is 9.84 Å². The van der Waals surface area contributed by atoms with Crippen LogP contribution in [0, 0.1) is 0 Å². The maximum absolute atomic E-state index is 8.56. The van der Waals surface area contributed by atoms with Crippen LogP contribution in [0.1, 0.15) is 5.56 Å². The van der Waals surface area contributed by atoms with Gasteiger partial charge in [0.1, 0.15) is 6.23 Å². The zero-order valence-corrected chi connectivity index (χ0v) is 6.81. The molecule has 1 aromatic rings. The topological polar surface area (TPSA) is 55.5 Å². The van der Waals surface area contributed by atoms with Crippen LogP contribution in [0.3, 0.4) is 0 Å². The fourth-order valence-electron chi connectivity index (χ4n) is 0.830. The number of benzene rings is 1. The lowest BCUT2D eigenvalue weighted by Crippen LogP contribution is -2.27. The van der Waals surface area contributed by atoms with Crippen molar-refractivity contribution in [3.8, 4) is 0 Å². The highest BCUT2D eigenvalue weighted by molar-refractivity contribution is 5.13. The van der Waals surface area contributed by atoms with Gasteiger partial charge in [0.15, 0.2) is 0 Å². The number of hydrogen-bond donors (Lipinski definition) is 2. The second kappa shape index (κ2) is 4.87. The average molecular weight is 167 g/mol. The summed E-state index contributed by atoms with van der Waals surface area (Å²) in [6, 6.07) is 9.70. The number of ether oxygens (including phenoxy) is 1. The molecule has 1 rings (SSSR count). The van der Waals surface area contributed by atoms with E-state index in [1.54, 1.807) is 0 Å². The molecule has 0 radical (unpaired) electrons. The molecule has 0 aliphatic heterocycles. The monoisotopic (exact) mass is 167 g/mol. The van der Waals surface area contributed by atoms with E-state index in [0.717, 1.165) is 5.56 Å². The second-order valence-electron chi connectivity index (χ2n) is 2.52. The van der Waals surface area contributed by atoms with Crippen molar-refractivity contribution in [3.05, 3.63) is 35.9 Å². The van der Waals surface area contributed by atoms with Crippen LogP contribution >= 0.6 is 0 Å². The van der Waals surface area contributed by atoms with E-state index in [2.05, 4.69) is 0 Å². The van der Waals surface area contributed by atoms with E-state index in [-0.39, 0.29) is 6.61 Å². The van der Waals surface area contributed by atoms with Crippen molar-refractivity contribution >= 4 is 0 Å². The Labute approximate surface area is 71.8 Å². The molecule has 3 N–H and O–H groups in total. The lowest BCUT2D eigenvalue weighted by atomic mass is 10.2. The number of hydrogen-bond acceptors (Lipinski definition) is 3. The molecule has 1 aromatic carbocycles. The number of nitrogens with two attached hydrogens (primary N) is 1. The van der Waals surface area contributed by atoms with Gasteiger partial charge in [-0.3, -0.25) is 0 Å². The molecule has 1 atom stereocenters. The molecule has 1 unspecified atom stereocenters. The Balaban J connectivity index is 2.33. The second-order valence-corrected chi connectivity index (χ2v) is 2.52. The van der Waals surface area contributed by atoms with Crippen LogP contribution in [-0.2, 0) is 11.3 Å². The molecular formula is C9H13NO2. The Morgan fingerprint density at radius 2 is 2.00 bits per heavy atom. The SMILES string of the molecule is NC(CO)OCc1ccccc1. The summed E-state index contributed by atoms with van der Waals surface area (Å²) >= 11 is 0.